The standard InChI is InChI=1S/C12H19Cl2FO/c13-7-1-5-12(15,6-2-8-14)9-10-3-4-11(10)16/h10H,1-9H2. The summed E-state index contributed by atoms with van der Waals surface area (Å²) in [6.45, 7) is 0. The van der Waals surface area contributed by atoms with Crippen LogP contribution >= 0.6 is 23.2 Å². The molecule has 1 saturated carbocycles. The van der Waals surface area contributed by atoms with E-state index in [2.05, 4.69) is 0 Å². The van der Waals surface area contributed by atoms with E-state index in [-0.39, 0.29) is 11.7 Å². The fourth-order valence-corrected chi connectivity index (χ4v) is 2.49. The Morgan fingerprint density at radius 3 is 2.12 bits per heavy atom. The van der Waals surface area contributed by atoms with Crippen molar-refractivity contribution in [1.29, 1.82) is 0 Å². The SMILES string of the molecule is O=C1CCC1CC(F)(CCCCl)CCCCl. The predicted molar refractivity (Wildman–Crippen MR) is 66.1 cm³/mol. The van der Waals surface area contributed by atoms with Gasteiger partial charge < -0.3 is 0 Å². The second-order valence-electron chi connectivity index (χ2n) is 4.64. The van der Waals surface area contributed by atoms with Crippen LogP contribution in [0.5, 0.6) is 0 Å². The highest BCUT2D eigenvalue weighted by Gasteiger charge is 2.38. The number of hydrogen-bond donors (Lipinski definition) is 0. The minimum atomic E-state index is -1.23. The lowest BCUT2D eigenvalue weighted by molar-refractivity contribution is -0.131. The molecule has 1 rings (SSSR count). The van der Waals surface area contributed by atoms with Gasteiger partial charge in [-0.25, -0.2) is 4.39 Å². The summed E-state index contributed by atoms with van der Waals surface area (Å²) in [7, 11) is 0. The van der Waals surface area contributed by atoms with Crippen molar-refractivity contribution in [3.63, 3.8) is 0 Å². The molecular formula is C12H19Cl2FO. The average molecular weight is 269 g/mol. The topological polar surface area (TPSA) is 17.1 Å². The van der Waals surface area contributed by atoms with Crippen molar-refractivity contribution < 1.29 is 9.18 Å². The summed E-state index contributed by atoms with van der Waals surface area (Å²) in [6.07, 6.45) is 4.11. The molecule has 0 aromatic carbocycles. The first kappa shape index (κ1) is 14.2. The van der Waals surface area contributed by atoms with Crippen molar-refractivity contribution >= 4 is 29.0 Å². The van der Waals surface area contributed by atoms with Crippen LogP contribution in [0.2, 0.25) is 0 Å². The van der Waals surface area contributed by atoms with Crippen LogP contribution < -0.4 is 0 Å². The van der Waals surface area contributed by atoms with Gasteiger partial charge in [0.2, 0.25) is 0 Å². The van der Waals surface area contributed by atoms with Gasteiger partial charge in [-0.2, -0.15) is 0 Å². The molecular weight excluding hydrogens is 250 g/mol. The van der Waals surface area contributed by atoms with E-state index >= 15 is 0 Å². The van der Waals surface area contributed by atoms with E-state index in [1.54, 1.807) is 0 Å². The summed E-state index contributed by atoms with van der Waals surface area (Å²) >= 11 is 11.2. The van der Waals surface area contributed by atoms with Crippen molar-refractivity contribution in [2.24, 2.45) is 5.92 Å². The van der Waals surface area contributed by atoms with Gasteiger partial charge in [0.15, 0.2) is 0 Å². The van der Waals surface area contributed by atoms with Gasteiger partial charge in [-0.1, -0.05) is 0 Å². The monoisotopic (exact) mass is 268 g/mol. The van der Waals surface area contributed by atoms with Gasteiger partial charge in [0.05, 0.1) is 0 Å². The first-order chi connectivity index (χ1) is 7.61. The molecule has 16 heavy (non-hydrogen) atoms. The minimum absolute atomic E-state index is 0.0457. The van der Waals surface area contributed by atoms with E-state index in [0.717, 1.165) is 6.42 Å². The third kappa shape index (κ3) is 4.21. The number of hydrogen-bond acceptors (Lipinski definition) is 1. The molecule has 0 N–H and O–H groups in total. The Morgan fingerprint density at radius 2 is 1.81 bits per heavy atom. The van der Waals surface area contributed by atoms with Gasteiger partial charge >= 0.3 is 0 Å². The summed E-state index contributed by atoms with van der Waals surface area (Å²) in [6, 6.07) is 0. The molecule has 0 radical (unpaired) electrons. The third-order valence-electron chi connectivity index (χ3n) is 3.32. The van der Waals surface area contributed by atoms with E-state index in [0.29, 0.717) is 50.3 Å². The zero-order valence-electron chi connectivity index (χ0n) is 9.48. The lowest BCUT2D eigenvalue weighted by Crippen LogP contribution is -2.35. The molecule has 0 heterocycles. The van der Waals surface area contributed by atoms with Crippen LogP contribution in [0.15, 0.2) is 0 Å². The molecule has 1 atom stereocenters. The van der Waals surface area contributed by atoms with Crippen LogP contribution in [0.4, 0.5) is 4.39 Å². The number of halogens is 3. The number of ketones is 1. The Morgan fingerprint density at radius 1 is 1.25 bits per heavy atom. The van der Waals surface area contributed by atoms with E-state index in [1.165, 1.54) is 0 Å². The van der Waals surface area contributed by atoms with Gasteiger partial charge in [0.1, 0.15) is 11.5 Å². The van der Waals surface area contributed by atoms with Crippen LogP contribution in [0.25, 0.3) is 0 Å². The van der Waals surface area contributed by atoms with Crippen molar-refractivity contribution in [2.45, 2.75) is 50.6 Å². The van der Waals surface area contributed by atoms with Crippen LogP contribution in [-0.2, 0) is 4.79 Å². The zero-order chi connectivity index (χ0) is 12.0. The van der Waals surface area contributed by atoms with Gasteiger partial charge in [0, 0.05) is 24.1 Å². The van der Waals surface area contributed by atoms with E-state index in [1.807, 2.05) is 0 Å². The normalized spacial score (nSPS) is 20.9. The molecule has 0 aromatic heterocycles. The molecule has 1 aliphatic carbocycles. The Bertz CT molecular complexity index is 225. The number of alkyl halides is 3. The smallest absolute Gasteiger partial charge is 0.136 e. The van der Waals surface area contributed by atoms with Crippen molar-refractivity contribution in [1.82, 2.24) is 0 Å². The first-order valence-electron chi connectivity index (χ1n) is 5.95. The van der Waals surface area contributed by atoms with Crippen LogP contribution in [0.3, 0.4) is 0 Å². The van der Waals surface area contributed by atoms with Crippen LogP contribution in [-0.4, -0.2) is 23.2 Å². The highest BCUT2D eigenvalue weighted by Crippen LogP contribution is 2.38. The first-order valence-corrected chi connectivity index (χ1v) is 7.02. The second kappa shape index (κ2) is 6.80. The molecule has 1 nitrogen and oxygen atoms in total. The quantitative estimate of drug-likeness (QED) is 0.606. The van der Waals surface area contributed by atoms with Crippen molar-refractivity contribution in [3.8, 4) is 0 Å². The maximum Gasteiger partial charge on any atom is 0.136 e. The lowest BCUT2D eigenvalue weighted by atomic mass is 9.74. The lowest BCUT2D eigenvalue weighted by Gasteiger charge is -2.33. The second-order valence-corrected chi connectivity index (χ2v) is 5.40. The van der Waals surface area contributed by atoms with E-state index < -0.39 is 5.67 Å². The van der Waals surface area contributed by atoms with Crippen molar-refractivity contribution in [3.05, 3.63) is 0 Å². The van der Waals surface area contributed by atoms with E-state index in [4.69, 9.17) is 23.2 Å². The summed E-state index contributed by atoms with van der Waals surface area (Å²) in [4.78, 5) is 11.2. The number of carbonyl (C=O) groups is 1. The average Bonchev–Trinajstić information content (AvgIpc) is 2.29. The van der Waals surface area contributed by atoms with Gasteiger partial charge in [-0.3, -0.25) is 4.79 Å². The number of rotatable bonds is 8. The van der Waals surface area contributed by atoms with Crippen LogP contribution in [0, 0.1) is 5.92 Å². The Kier molecular flexibility index (Phi) is 6.06. The molecule has 1 aliphatic rings. The van der Waals surface area contributed by atoms with Gasteiger partial charge in [-0.15, -0.1) is 23.2 Å². The molecule has 1 fully saturated rings. The predicted octanol–water partition coefficient (Wildman–Crippen LogP) is 4.10. The molecule has 0 saturated heterocycles. The third-order valence-corrected chi connectivity index (χ3v) is 3.86. The molecule has 0 aromatic rings. The van der Waals surface area contributed by atoms with Gasteiger partial charge in [-0.05, 0) is 38.5 Å². The summed E-state index contributed by atoms with van der Waals surface area (Å²) in [5.74, 6) is 1.13. The highest BCUT2D eigenvalue weighted by molar-refractivity contribution is 6.18. The minimum Gasteiger partial charge on any atom is -0.299 e. The zero-order valence-corrected chi connectivity index (χ0v) is 11.0. The number of Topliss-reactive ketones (excluding diaryl/α,β-unsaturated/α-hetero) is 1. The molecule has 4 heteroatoms. The molecule has 1 unspecified atom stereocenters. The van der Waals surface area contributed by atoms with Crippen molar-refractivity contribution in [2.75, 3.05) is 11.8 Å². The fraction of sp³-hybridized carbons (Fsp3) is 0.917. The largest absolute Gasteiger partial charge is 0.299 e. The highest BCUT2D eigenvalue weighted by atomic mass is 35.5. The summed E-state index contributed by atoms with van der Waals surface area (Å²) in [5, 5.41) is 0. The molecule has 0 aliphatic heterocycles. The van der Waals surface area contributed by atoms with Gasteiger partial charge in [0.25, 0.3) is 0 Å². The molecule has 0 amide bonds. The van der Waals surface area contributed by atoms with Crippen LogP contribution in [0.1, 0.15) is 44.9 Å². The molecule has 0 spiro atoms. The Labute approximate surface area is 107 Å². The van der Waals surface area contributed by atoms with E-state index in [9.17, 15) is 9.18 Å². The summed E-state index contributed by atoms with van der Waals surface area (Å²) in [5.41, 5.74) is -1.23. The Balaban J connectivity index is 2.43. The summed E-state index contributed by atoms with van der Waals surface area (Å²) < 4.78 is 14.5. The molecule has 94 valence electrons. The molecule has 0 bridgehead atoms. The maximum absolute atomic E-state index is 14.5. The Hall–Kier alpha value is 0.180. The fourth-order valence-electron chi connectivity index (χ4n) is 2.22. The maximum atomic E-state index is 14.5. The number of carbonyl (C=O) groups excluding carboxylic acids is 1.